The number of nitrogens with one attached hydrogen (secondary N) is 1. The van der Waals surface area contributed by atoms with Crippen molar-refractivity contribution in [1.82, 2.24) is 5.32 Å². The van der Waals surface area contributed by atoms with E-state index in [1.165, 1.54) is 308 Å². The number of rotatable bonds is 64. The van der Waals surface area contributed by atoms with Gasteiger partial charge in [0.1, 0.15) is 0 Å². The topological polar surface area (TPSA) is 95.9 Å². The van der Waals surface area contributed by atoms with Gasteiger partial charge < -0.3 is 20.3 Å². The Morgan fingerprint density at radius 1 is 0.360 bits per heavy atom. The van der Waals surface area contributed by atoms with Crippen LogP contribution in [-0.2, 0) is 14.3 Å². The van der Waals surface area contributed by atoms with Gasteiger partial charge in [0.15, 0.2) is 0 Å². The van der Waals surface area contributed by atoms with Gasteiger partial charge in [-0.05, 0) is 57.8 Å². The Kier molecular flexibility index (Phi) is 63.4. The first-order valence-electron chi connectivity index (χ1n) is 34.1. The predicted molar refractivity (Wildman–Crippen MR) is 329 cm³/mol. The normalized spacial score (nSPS) is 12.6. The summed E-state index contributed by atoms with van der Waals surface area (Å²) in [6.45, 7) is 4.92. The number of unbranched alkanes of at least 4 members (excludes halogenated alkanes) is 51. The van der Waals surface area contributed by atoms with E-state index < -0.39 is 12.1 Å². The zero-order valence-corrected chi connectivity index (χ0v) is 50.8. The third kappa shape index (κ3) is 61.4. The van der Waals surface area contributed by atoms with Gasteiger partial charge >= 0.3 is 5.97 Å². The first-order chi connectivity index (χ1) is 37.0. The summed E-state index contributed by atoms with van der Waals surface area (Å²) in [4.78, 5) is 24.5. The highest BCUT2D eigenvalue weighted by molar-refractivity contribution is 5.76. The Balaban J connectivity index is 3.32. The molecule has 0 saturated heterocycles. The van der Waals surface area contributed by atoms with Crippen LogP contribution >= 0.6 is 0 Å². The van der Waals surface area contributed by atoms with Crippen molar-refractivity contribution in [3.8, 4) is 0 Å². The summed E-state index contributed by atoms with van der Waals surface area (Å²) in [7, 11) is 0. The maximum absolute atomic E-state index is 12.4. The standard InChI is InChI=1S/C69H133NO5/c1-3-5-7-9-11-13-15-17-18-32-36-39-43-47-51-55-59-63-69(74)75-64-60-56-52-48-44-40-37-34-31-29-27-25-23-21-19-20-22-24-26-28-30-33-35-38-42-46-50-54-58-62-68(73)70-66(65-71)67(72)61-57-53-49-45-41-16-14-12-10-8-6-4-2/h17-18,57,61,66-67,71-72H,3-16,19-56,58-60,62-65H2,1-2H3,(H,70,73)/b18-17-,61-57+. The van der Waals surface area contributed by atoms with Crippen LogP contribution < -0.4 is 5.32 Å². The number of aliphatic hydroxyl groups is 2. The summed E-state index contributed by atoms with van der Waals surface area (Å²) in [5.41, 5.74) is 0. The summed E-state index contributed by atoms with van der Waals surface area (Å²) >= 11 is 0. The number of hydrogen-bond donors (Lipinski definition) is 3. The van der Waals surface area contributed by atoms with E-state index in [1.54, 1.807) is 6.08 Å². The molecule has 0 aromatic rings. The largest absolute Gasteiger partial charge is 0.466 e. The average Bonchev–Trinajstić information content (AvgIpc) is 3.41. The third-order valence-corrected chi connectivity index (χ3v) is 16.0. The molecule has 0 radical (unpaired) electrons. The molecule has 2 unspecified atom stereocenters. The molecular weight excluding hydrogens is 923 g/mol. The lowest BCUT2D eigenvalue weighted by Gasteiger charge is -2.20. The minimum atomic E-state index is -0.840. The van der Waals surface area contributed by atoms with Gasteiger partial charge in [-0.25, -0.2) is 0 Å². The highest BCUT2D eigenvalue weighted by Crippen LogP contribution is 2.18. The lowest BCUT2D eigenvalue weighted by Crippen LogP contribution is -2.45. The molecule has 0 aliphatic rings. The number of aliphatic hydroxyl groups excluding tert-OH is 2. The third-order valence-electron chi connectivity index (χ3n) is 16.0. The summed E-state index contributed by atoms with van der Waals surface area (Å²) in [5.74, 6) is -0.0473. The van der Waals surface area contributed by atoms with Crippen molar-refractivity contribution in [3.63, 3.8) is 0 Å². The highest BCUT2D eigenvalue weighted by Gasteiger charge is 2.18. The molecular formula is C69H133NO5. The van der Waals surface area contributed by atoms with Crippen molar-refractivity contribution < 1.29 is 24.5 Å². The second-order valence-electron chi connectivity index (χ2n) is 23.5. The fourth-order valence-electron chi connectivity index (χ4n) is 10.7. The van der Waals surface area contributed by atoms with Gasteiger partial charge in [-0.15, -0.1) is 0 Å². The Labute approximate surface area is 469 Å². The summed E-state index contributed by atoms with van der Waals surface area (Å²) in [6.07, 6.45) is 81.1. The van der Waals surface area contributed by atoms with Crippen molar-refractivity contribution in [2.75, 3.05) is 13.2 Å². The molecule has 0 spiro atoms. The molecule has 3 N–H and O–H groups in total. The fourth-order valence-corrected chi connectivity index (χ4v) is 10.7. The molecule has 2 atom stereocenters. The quantitative estimate of drug-likeness (QED) is 0.0320. The monoisotopic (exact) mass is 1060 g/mol. The van der Waals surface area contributed by atoms with E-state index in [2.05, 4.69) is 31.3 Å². The first-order valence-corrected chi connectivity index (χ1v) is 34.1. The number of carbonyl (C=O) groups is 2. The van der Waals surface area contributed by atoms with Crippen LogP contribution in [0.1, 0.15) is 380 Å². The zero-order chi connectivity index (χ0) is 54.3. The lowest BCUT2D eigenvalue weighted by atomic mass is 10.0. The van der Waals surface area contributed by atoms with Gasteiger partial charge in [-0.1, -0.05) is 334 Å². The molecule has 6 heteroatoms. The smallest absolute Gasteiger partial charge is 0.305 e. The van der Waals surface area contributed by atoms with Gasteiger partial charge in [-0.3, -0.25) is 9.59 Å². The number of esters is 1. The maximum atomic E-state index is 12.4. The van der Waals surface area contributed by atoms with Crippen LogP contribution in [0.5, 0.6) is 0 Å². The number of ether oxygens (including phenoxy) is 1. The van der Waals surface area contributed by atoms with E-state index in [1.807, 2.05) is 6.08 Å². The Morgan fingerprint density at radius 3 is 0.947 bits per heavy atom. The van der Waals surface area contributed by atoms with Crippen LogP contribution in [0, 0.1) is 0 Å². The van der Waals surface area contributed by atoms with Gasteiger partial charge in [-0.2, -0.15) is 0 Å². The molecule has 0 aromatic carbocycles. The average molecular weight is 1060 g/mol. The van der Waals surface area contributed by atoms with Gasteiger partial charge in [0.05, 0.1) is 25.4 Å². The summed E-state index contributed by atoms with van der Waals surface area (Å²) in [5, 5.41) is 23.1. The maximum Gasteiger partial charge on any atom is 0.305 e. The zero-order valence-electron chi connectivity index (χ0n) is 50.8. The second kappa shape index (κ2) is 64.9. The molecule has 0 rings (SSSR count). The van der Waals surface area contributed by atoms with Crippen LogP contribution in [0.25, 0.3) is 0 Å². The summed E-state index contributed by atoms with van der Waals surface area (Å²) < 4.78 is 5.50. The second-order valence-corrected chi connectivity index (χ2v) is 23.5. The molecule has 444 valence electrons. The molecule has 0 aliphatic carbocycles. The van der Waals surface area contributed by atoms with Gasteiger partial charge in [0, 0.05) is 12.8 Å². The first kappa shape index (κ1) is 73.3. The van der Waals surface area contributed by atoms with Crippen molar-refractivity contribution in [2.24, 2.45) is 0 Å². The van der Waals surface area contributed by atoms with E-state index in [-0.39, 0.29) is 18.5 Å². The number of carbonyl (C=O) groups excluding carboxylic acids is 2. The van der Waals surface area contributed by atoms with E-state index in [9.17, 15) is 19.8 Å². The minimum Gasteiger partial charge on any atom is -0.466 e. The van der Waals surface area contributed by atoms with E-state index >= 15 is 0 Å². The van der Waals surface area contributed by atoms with Crippen molar-refractivity contribution in [2.45, 2.75) is 392 Å². The Bertz CT molecular complexity index is 1170. The Morgan fingerprint density at radius 2 is 0.627 bits per heavy atom. The van der Waals surface area contributed by atoms with E-state index in [0.717, 1.165) is 44.9 Å². The number of allylic oxidation sites excluding steroid dienone is 3. The predicted octanol–water partition coefficient (Wildman–Crippen LogP) is 21.8. The molecule has 0 aromatic heterocycles. The molecule has 75 heavy (non-hydrogen) atoms. The van der Waals surface area contributed by atoms with Crippen LogP contribution in [0.3, 0.4) is 0 Å². The molecule has 0 aliphatic heterocycles. The molecule has 0 fully saturated rings. The number of amides is 1. The van der Waals surface area contributed by atoms with Crippen molar-refractivity contribution >= 4 is 11.9 Å². The molecule has 0 bridgehead atoms. The van der Waals surface area contributed by atoms with Crippen molar-refractivity contribution in [3.05, 3.63) is 24.3 Å². The van der Waals surface area contributed by atoms with E-state index in [0.29, 0.717) is 19.4 Å². The SMILES string of the molecule is CCCCCCCC/C=C\CCCCCCCCCC(=O)OCCCCCCCCCCCCCCCCCCCCCCCCCCCCCCCC(=O)NC(CO)C(O)/C=C/CCCCCCCCCCCC. The highest BCUT2D eigenvalue weighted by atomic mass is 16.5. The lowest BCUT2D eigenvalue weighted by molar-refractivity contribution is -0.143. The van der Waals surface area contributed by atoms with Gasteiger partial charge in [0.25, 0.3) is 0 Å². The van der Waals surface area contributed by atoms with Crippen LogP contribution in [-0.4, -0.2) is 47.4 Å². The van der Waals surface area contributed by atoms with Crippen molar-refractivity contribution in [1.29, 1.82) is 0 Å². The molecule has 0 heterocycles. The van der Waals surface area contributed by atoms with Crippen LogP contribution in [0.15, 0.2) is 24.3 Å². The molecule has 0 saturated carbocycles. The Hall–Kier alpha value is -1.66. The van der Waals surface area contributed by atoms with Crippen LogP contribution in [0.2, 0.25) is 0 Å². The van der Waals surface area contributed by atoms with Gasteiger partial charge in [0.2, 0.25) is 5.91 Å². The summed E-state index contributed by atoms with van der Waals surface area (Å²) in [6, 6.07) is -0.624. The minimum absolute atomic E-state index is 0.0163. The molecule has 6 nitrogen and oxygen atoms in total. The number of hydrogen-bond acceptors (Lipinski definition) is 5. The van der Waals surface area contributed by atoms with Crippen LogP contribution in [0.4, 0.5) is 0 Å². The molecule has 1 amide bonds. The van der Waals surface area contributed by atoms with E-state index in [4.69, 9.17) is 4.74 Å². The fraction of sp³-hybridized carbons (Fsp3) is 0.913.